The topological polar surface area (TPSA) is 92.7 Å². The van der Waals surface area contributed by atoms with Gasteiger partial charge in [0, 0.05) is 19.8 Å². The fourth-order valence-corrected chi connectivity index (χ4v) is 3.36. The molecule has 100 valence electrons. The van der Waals surface area contributed by atoms with Gasteiger partial charge in [-0.05, 0) is 25.7 Å². The van der Waals surface area contributed by atoms with Crippen LogP contribution in [-0.2, 0) is 19.6 Å². The predicted octanol–water partition coefficient (Wildman–Crippen LogP) is 0.196. The maximum Gasteiger partial charge on any atom is 0.306 e. The molecule has 0 radical (unpaired) electrons. The van der Waals surface area contributed by atoms with Crippen molar-refractivity contribution >= 4 is 16.0 Å². The monoisotopic (exact) mass is 265 g/mol. The molecule has 2 unspecified atom stereocenters. The second kappa shape index (κ2) is 6.32. The molecule has 0 aliphatic heterocycles. The largest absolute Gasteiger partial charge is 0.481 e. The summed E-state index contributed by atoms with van der Waals surface area (Å²) in [5.41, 5.74) is 0. The normalized spacial score (nSPS) is 25.0. The minimum absolute atomic E-state index is 0.0229. The van der Waals surface area contributed by atoms with Crippen molar-refractivity contribution in [3.63, 3.8) is 0 Å². The van der Waals surface area contributed by atoms with Gasteiger partial charge in [0.25, 0.3) is 0 Å². The molecule has 1 aliphatic rings. The van der Waals surface area contributed by atoms with E-state index in [1.807, 2.05) is 0 Å². The minimum atomic E-state index is -3.31. The van der Waals surface area contributed by atoms with Gasteiger partial charge in [0.2, 0.25) is 10.0 Å². The molecule has 0 aromatic rings. The van der Waals surface area contributed by atoms with E-state index in [1.165, 1.54) is 7.11 Å². The predicted molar refractivity (Wildman–Crippen MR) is 62.2 cm³/mol. The van der Waals surface area contributed by atoms with E-state index < -0.39 is 21.9 Å². The van der Waals surface area contributed by atoms with Crippen molar-refractivity contribution in [1.29, 1.82) is 0 Å². The van der Waals surface area contributed by atoms with Gasteiger partial charge in [-0.3, -0.25) is 4.79 Å². The molecule has 1 rings (SSSR count). The van der Waals surface area contributed by atoms with Crippen molar-refractivity contribution in [1.82, 2.24) is 4.72 Å². The lowest BCUT2D eigenvalue weighted by molar-refractivity contribution is -0.141. The summed E-state index contributed by atoms with van der Waals surface area (Å²) < 4.78 is 30.6. The van der Waals surface area contributed by atoms with Crippen LogP contribution in [0.5, 0.6) is 0 Å². The van der Waals surface area contributed by atoms with Gasteiger partial charge in [-0.15, -0.1) is 0 Å². The number of carboxylic acid groups (broad SMARTS) is 1. The zero-order chi connectivity index (χ0) is 12.9. The third-order valence-electron chi connectivity index (χ3n) is 2.89. The van der Waals surface area contributed by atoms with E-state index in [0.29, 0.717) is 32.3 Å². The van der Waals surface area contributed by atoms with E-state index in [2.05, 4.69) is 4.72 Å². The molecule has 2 atom stereocenters. The molecule has 0 saturated heterocycles. The first-order chi connectivity index (χ1) is 7.94. The highest BCUT2D eigenvalue weighted by Gasteiger charge is 2.31. The quantitative estimate of drug-likeness (QED) is 0.641. The van der Waals surface area contributed by atoms with Crippen molar-refractivity contribution in [3.8, 4) is 0 Å². The van der Waals surface area contributed by atoms with E-state index in [-0.39, 0.29) is 11.8 Å². The number of ether oxygens (including phenoxy) is 1. The Morgan fingerprint density at radius 1 is 1.47 bits per heavy atom. The molecule has 1 aliphatic carbocycles. The van der Waals surface area contributed by atoms with Crippen LogP contribution in [0.1, 0.15) is 25.7 Å². The standard InChI is InChI=1S/C10H19NO5S/c1-16-5-2-6-17(14,15)11-9-4-3-8(7-9)10(12)13/h8-9,11H,2-7H2,1H3,(H,12,13). The molecule has 0 aromatic heterocycles. The Morgan fingerprint density at radius 3 is 2.71 bits per heavy atom. The highest BCUT2D eigenvalue weighted by molar-refractivity contribution is 7.89. The van der Waals surface area contributed by atoms with Crippen molar-refractivity contribution < 1.29 is 23.1 Å². The minimum Gasteiger partial charge on any atom is -0.481 e. The number of carboxylic acids is 1. The third kappa shape index (κ3) is 5.01. The Morgan fingerprint density at radius 2 is 2.18 bits per heavy atom. The molecule has 1 saturated carbocycles. The van der Waals surface area contributed by atoms with Gasteiger partial charge >= 0.3 is 5.97 Å². The smallest absolute Gasteiger partial charge is 0.306 e. The second-order valence-corrected chi connectivity index (χ2v) is 6.20. The number of rotatable bonds is 7. The molecule has 6 nitrogen and oxygen atoms in total. The Hall–Kier alpha value is -0.660. The average molecular weight is 265 g/mol. The Kier molecular flexibility index (Phi) is 5.35. The van der Waals surface area contributed by atoms with Crippen molar-refractivity contribution in [3.05, 3.63) is 0 Å². The number of aliphatic carboxylic acids is 1. The molecule has 0 amide bonds. The van der Waals surface area contributed by atoms with Gasteiger partial charge in [0.1, 0.15) is 0 Å². The Bertz CT molecular complexity index is 354. The maximum atomic E-state index is 11.6. The summed E-state index contributed by atoms with van der Waals surface area (Å²) in [4.78, 5) is 10.7. The lowest BCUT2D eigenvalue weighted by Crippen LogP contribution is -2.35. The van der Waals surface area contributed by atoms with Gasteiger partial charge in [-0.1, -0.05) is 0 Å². The van der Waals surface area contributed by atoms with Gasteiger partial charge < -0.3 is 9.84 Å². The van der Waals surface area contributed by atoms with E-state index in [1.54, 1.807) is 0 Å². The molecule has 0 aromatic carbocycles. The number of carbonyl (C=O) groups is 1. The van der Waals surface area contributed by atoms with E-state index in [9.17, 15) is 13.2 Å². The first-order valence-corrected chi connectivity index (χ1v) is 7.31. The molecule has 17 heavy (non-hydrogen) atoms. The fourth-order valence-electron chi connectivity index (χ4n) is 2.02. The summed E-state index contributed by atoms with van der Waals surface area (Å²) >= 11 is 0. The summed E-state index contributed by atoms with van der Waals surface area (Å²) in [6, 6.07) is -0.233. The summed E-state index contributed by atoms with van der Waals surface area (Å²) in [5.74, 6) is -1.23. The highest BCUT2D eigenvalue weighted by Crippen LogP contribution is 2.26. The molecular weight excluding hydrogens is 246 g/mol. The summed E-state index contributed by atoms with van der Waals surface area (Å²) in [7, 11) is -1.79. The van der Waals surface area contributed by atoms with E-state index in [4.69, 9.17) is 9.84 Å². The van der Waals surface area contributed by atoms with Crippen LogP contribution in [0.15, 0.2) is 0 Å². The summed E-state index contributed by atoms with van der Waals surface area (Å²) in [6.07, 6.45) is 1.97. The van der Waals surface area contributed by atoms with Gasteiger partial charge in [-0.2, -0.15) is 0 Å². The lowest BCUT2D eigenvalue weighted by Gasteiger charge is -2.12. The zero-order valence-corrected chi connectivity index (χ0v) is 10.7. The van der Waals surface area contributed by atoms with Crippen molar-refractivity contribution in [2.45, 2.75) is 31.7 Å². The number of hydrogen-bond donors (Lipinski definition) is 2. The Balaban J connectivity index is 2.36. The lowest BCUT2D eigenvalue weighted by atomic mass is 10.1. The SMILES string of the molecule is COCCCS(=O)(=O)NC1CCC(C(=O)O)C1. The number of methoxy groups -OCH3 is 1. The van der Waals surface area contributed by atoms with Crippen LogP contribution in [0.25, 0.3) is 0 Å². The van der Waals surface area contributed by atoms with Crippen LogP contribution < -0.4 is 4.72 Å². The Labute approximate surface area is 101 Å². The molecular formula is C10H19NO5S. The zero-order valence-electron chi connectivity index (χ0n) is 9.89. The van der Waals surface area contributed by atoms with Crippen molar-refractivity contribution in [2.24, 2.45) is 5.92 Å². The first kappa shape index (κ1) is 14.4. The van der Waals surface area contributed by atoms with Crippen LogP contribution in [-0.4, -0.2) is 45.0 Å². The van der Waals surface area contributed by atoms with Crippen LogP contribution in [0.2, 0.25) is 0 Å². The maximum absolute atomic E-state index is 11.6. The van der Waals surface area contributed by atoms with Crippen LogP contribution in [0, 0.1) is 5.92 Å². The van der Waals surface area contributed by atoms with Gasteiger partial charge in [0.05, 0.1) is 11.7 Å². The number of sulfonamides is 1. The van der Waals surface area contributed by atoms with Crippen LogP contribution in [0.4, 0.5) is 0 Å². The van der Waals surface area contributed by atoms with Gasteiger partial charge in [-0.25, -0.2) is 13.1 Å². The fraction of sp³-hybridized carbons (Fsp3) is 0.900. The number of hydrogen-bond acceptors (Lipinski definition) is 4. The van der Waals surface area contributed by atoms with Crippen molar-refractivity contribution in [2.75, 3.05) is 19.5 Å². The summed E-state index contributed by atoms with van der Waals surface area (Å²) in [6.45, 7) is 0.406. The molecule has 0 spiro atoms. The van der Waals surface area contributed by atoms with Crippen LogP contribution >= 0.6 is 0 Å². The first-order valence-electron chi connectivity index (χ1n) is 5.66. The van der Waals surface area contributed by atoms with E-state index >= 15 is 0 Å². The molecule has 0 heterocycles. The molecule has 1 fully saturated rings. The number of nitrogens with one attached hydrogen (secondary N) is 1. The van der Waals surface area contributed by atoms with Crippen LogP contribution in [0.3, 0.4) is 0 Å². The molecule has 2 N–H and O–H groups in total. The molecule has 7 heteroatoms. The second-order valence-electron chi connectivity index (χ2n) is 4.33. The highest BCUT2D eigenvalue weighted by atomic mass is 32.2. The van der Waals surface area contributed by atoms with E-state index in [0.717, 1.165) is 0 Å². The molecule has 0 bridgehead atoms. The average Bonchev–Trinajstić information content (AvgIpc) is 2.65. The van der Waals surface area contributed by atoms with Gasteiger partial charge in [0.15, 0.2) is 0 Å². The summed E-state index contributed by atoms with van der Waals surface area (Å²) in [5, 5.41) is 8.81. The third-order valence-corrected chi connectivity index (χ3v) is 4.41.